The molecule has 5 heteroatoms. The summed E-state index contributed by atoms with van der Waals surface area (Å²) in [7, 11) is -3.26. The zero-order valence-electron chi connectivity index (χ0n) is 15.2. The molecule has 0 spiro atoms. The molecule has 26 heavy (non-hydrogen) atoms. The van der Waals surface area contributed by atoms with Crippen LogP contribution in [0.5, 0.6) is 0 Å². The predicted molar refractivity (Wildman–Crippen MR) is 107 cm³/mol. The number of hydrogen-bond donors (Lipinski definition) is 0. The molecule has 0 aromatic heterocycles. The molecule has 0 N–H and O–H groups in total. The molecule has 0 radical (unpaired) electrons. The molecule has 3 rings (SSSR count). The fraction of sp³-hybridized carbons (Fsp3) is 0.333. The molecule has 0 unspecified atom stereocenters. The molecule has 138 valence electrons. The average Bonchev–Trinajstić information content (AvgIpc) is 2.65. The van der Waals surface area contributed by atoms with Crippen molar-refractivity contribution in [3.63, 3.8) is 0 Å². The topological polar surface area (TPSA) is 40.6 Å². The van der Waals surface area contributed by atoms with Crippen molar-refractivity contribution < 1.29 is 8.42 Å². The van der Waals surface area contributed by atoms with E-state index in [2.05, 4.69) is 29.2 Å². The van der Waals surface area contributed by atoms with Crippen LogP contribution in [-0.2, 0) is 15.8 Å². The highest BCUT2D eigenvalue weighted by molar-refractivity contribution is 7.88. The van der Waals surface area contributed by atoms with Crippen molar-refractivity contribution >= 4 is 16.1 Å². The van der Waals surface area contributed by atoms with Crippen LogP contribution in [0.3, 0.4) is 0 Å². The van der Waals surface area contributed by atoms with Crippen molar-refractivity contribution in [3.8, 4) is 0 Å². The van der Waals surface area contributed by atoms with Crippen molar-refractivity contribution in [2.24, 2.45) is 0 Å². The van der Waals surface area contributed by atoms with E-state index in [1.807, 2.05) is 49.4 Å². The lowest BCUT2D eigenvalue weighted by Crippen LogP contribution is -2.48. The van der Waals surface area contributed by atoms with E-state index in [0.29, 0.717) is 13.1 Å². The van der Waals surface area contributed by atoms with E-state index in [1.165, 1.54) is 5.56 Å². The maximum Gasteiger partial charge on any atom is 0.218 e. The number of nitrogens with zero attached hydrogens (tertiary/aromatic N) is 2. The molecule has 1 aliphatic rings. The second-order valence-corrected chi connectivity index (χ2v) is 8.66. The van der Waals surface area contributed by atoms with Crippen LogP contribution in [0.4, 0.5) is 0 Å². The summed E-state index contributed by atoms with van der Waals surface area (Å²) in [4.78, 5) is 2.29. The van der Waals surface area contributed by atoms with Crippen LogP contribution < -0.4 is 0 Å². The minimum Gasteiger partial charge on any atom is -0.297 e. The van der Waals surface area contributed by atoms with E-state index >= 15 is 0 Å². The standard InChI is InChI=1S/C21H26N2O2S/c1-19-8-5-6-12-21(19)18-26(24,25)23-16-14-22(15-17-23)13-7-11-20-9-3-2-4-10-20/h2-12H,13-18H2,1H3/b11-7+. The van der Waals surface area contributed by atoms with Crippen LogP contribution in [0, 0.1) is 6.92 Å². The second kappa shape index (κ2) is 8.62. The van der Waals surface area contributed by atoms with E-state index in [4.69, 9.17) is 0 Å². The fourth-order valence-corrected chi connectivity index (χ4v) is 4.77. The molecule has 0 saturated carbocycles. The third kappa shape index (κ3) is 5.04. The molecule has 0 amide bonds. The monoisotopic (exact) mass is 370 g/mol. The third-order valence-corrected chi connectivity index (χ3v) is 6.63. The van der Waals surface area contributed by atoms with Gasteiger partial charge in [0.2, 0.25) is 10.0 Å². The van der Waals surface area contributed by atoms with E-state index in [9.17, 15) is 8.42 Å². The van der Waals surface area contributed by atoms with Gasteiger partial charge in [-0.3, -0.25) is 4.90 Å². The number of piperazine rings is 1. The molecule has 1 aliphatic heterocycles. The second-order valence-electron chi connectivity index (χ2n) is 6.70. The lowest BCUT2D eigenvalue weighted by Gasteiger charge is -2.33. The fourth-order valence-electron chi connectivity index (χ4n) is 3.15. The molecule has 2 aromatic carbocycles. The van der Waals surface area contributed by atoms with Gasteiger partial charge in [0, 0.05) is 32.7 Å². The molecule has 2 aromatic rings. The Morgan fingerprint density at radius 3 is 2.27 bits per heavy atom. The summed E-state index contributed by atoms with van der Waals surface area (Å²) in [5.41, 5.74) is 3.11. The summed E-state index contributed by atoms with van der Waals surface area (Å²) >= 11 is 0. The summed E-state index contributed by atoms with van der Waals surface area (Å²) in [6.07, 6.45) is 4.26. The number of sulfonamides is 1. The van der Waals surface area contributed by atoms with Gasteiger partial charge in [0.25, 0.3) is 0 Å². The lowest BCUT2D eigenvalue weighted by molar-refractivity contribution is 0.204. The first-order valence-electron chi connectivity index (χ1n) is 9.01. The highest BCUT2D eigenvalue weighted by Crippen LogP contribution is 2.16. The molecule has 0 bridgehead atoms. The van der Waals surface area contributed by atoms with Crippen molar-refractivity contribution in [2.75, 3.05) is 32.7 Å². The SMILES string of the molecule is Cc1ccccc1CS(=O)(=O)N1CCN(C/C=C/c2ccccc2)CC1. The average molecular weight is 371 g/mol. The first-order chi connectivity index (χ1) is 12.5. The minimum atomic E-state index is -3.26. The molecule has 1 saturated heterocycles. The van der Waals surface area contributed by atoms with Crippen LogP contribution in [0.25, 0.3) is 6.08 Å². The van der Waals surface area contributed by atoms with Crippen molar-refractivity contribution in [1.82, 2.24) is 9.21 Å². The Hall–Kier alpha value is -1.95. The van der Waals surface area contributed by atoms with Crippen molar-refractivity contribution in [1.29, 1.82) is 0 Å². The van der Waals surface area contributed by atoms with E-state index in [0.717, 1.165) is 30.8 Å². The highest BCUT2D eigenvalue weighted by Gasteiger charge is 2.26. The number of hydrogen-bond acceptors (Lipinski definition) is 3. The van der Waals surface area contributed by atoms with E-state index in [1.54, 1.807) is 4.31 Å². The van der Waals surface area contributed by atoms with Crippen molar-refractivity contribution in [2.45, 2.75) is 12.7 Å². The zero-order chi connectivity index (χ0) is 18.4. The predicted octanol–water partition coefficient (Wildman–Crippen LogP) is 3.16. The summed E-state index contributed by atoms with van der Waals surface area (Å²) in [6, 6.07) is 17.9. The van der Waals surface area contributed by atoms with Gasteiger partial charge in [0.15, 0.2) is 0 Å². The summed E-state index contributed by atoms with van der Waals surface area (Å²) in [6.45, 7) is 5.47. The maximum absolute atomic E-state index is 12.7. The van der Waals surface area contributed by atoms with Crippen LogP contribution in [0.1, 0.15) is 16.7 Å². The summed E-state index contributed by atoms with van der Waals surface area (Å²) < 4.78 is 27.0. The van der Waals surface area contributed by atoms with Gasteiger partial charge in [-0.15, -0.1) is 0 Å². The van der Waals surface area contributed by atoms with Crippen LogP contribution in [0.15, 0.2) is 60.7 Å². The largest absolute Gasteiger partial charge is 0.297 e. The molecule has 0 aliphatic carbocycles. The molecule has 4 nitrogen and oxygen atoms in total. The van der Waals surface area contributed by atoms with Crippen LogP contribution in [0.2, 0.25) is 0 Å². The Bertz CT molecular complexity index is 839. The summed E-state index contributed by atoms with van der Waals surface area (Å²) in [5, 5.41) is 0. The molecular weight excluding hydrogens is 344 g/mol. The number of aryl methyl sites for hydroxylation is 1. The van der Waals surface area contributed by atoms with Gasteiger partial charge in [-0.2, -0.15) is 4.31 Å². The van der Waals surface area contributed by atoms with Crippen molar-refractivity contribution in [3.05, 3.63) is 77.4 Å². The Morgan fingerprint density at radius 2 is 1.58 bits per heavy atom. The lowest BCUT2D eigenvalue weighted by atomic mass is 10.1. The third-order valence-electron chi connectivity index (χ3n) is 4.80. The normalized spacial score (nSPS) is 17.0. The molecule has 0 atom stereocenters. The first-order valence-corrected chi connectivity index (χ1v) is 10.6. The zero-order valence-corrected chi connectivity index (χ0v) is 16.0. The number of rotatable bonds is 6. The first kappa shape index (κ1) is 18.8. The number of benzene rings is 2. The van der Waals surface area contributed by atoms with Gasteiger partial charge >= 0.3 is 0 Å². The van der Waals surface area contributed by atoms with Gasteiger partial charge in [0.1, 0.15) is 0 Å². The van der Waals surface area contributed by atoms with Gasteiger partial charge in [-0.25, -0.2) is 8.42 Å². The summed E-state index contributed by atoms with van der Waals surface area (Å²) in [5.74, 6) is 0.0909. The van der Waals surface area contributed by atoms with Gasteiger partial charge in [-0.1, -0.05) is 66.7 Å². The van der Waals surface area contributed by atoms with Gasteiger partial charge in [-0.05, 0) is 23.6 Å². The molecule has 1 fully saturated rings. The van der Waals surface area contributed by atoms with Crippen LogP contribution >= 0.6 is 0 Å². The van der Waals surface area contributed by atoms with Gasteiger partial charge in [0.05, 0.1) is 5.75 Å². The maximum atomic E-state index is 12.7. The quantitative estimate of drug-likeness (QED) is 0.784. The van der Waals surface area contributed by atoms with Crippen LogP contribution in [-0.4, -0.2) is 50.3 Å². The Morgan fingerprint density at radius 1 is 0.923 bits per heavy atom. The highest BCUT2D eigenvalue weighted by atomic mass is 32.2. The smallest absolute Gasteiger partial charge is 0.218 e. The molecular formula is C21H26N2O2S. The Labute approximate surface area is 156 Å². The van der Waals surface area contributed by atoms with Gasteiger partial charge < -0.3 is 0 Å². The Balaban J connectivity index is 1.51. The minimum absolute atomic E-state index is 0.0909. The Kier molecular flexibility index (Phi) is 6.25. The van der Waals surface area contributed by atoms with E-state index in [-0.39, 0.29) is 5.75 Å². The van der Waals surface area contributed by atoms with E-state index < -0.39 is 10.0 Å². The molecule has 1 heterocycles.